The first-order chi connectivity index (χ1) is 14.0. The van der Waals surface area contributed by atoms with Crippen LogP contribution in [0, 0.1) is 0 Å². The first-order valence-corrected chi connectivity index (χ1v) is 11.0. The smallest absolute Gasteiger partial charge is 0.259 e. The minimum atomic E-state index is -0.238. The monoisotopic (exact) mass is 460 g/mol. The second-order valence-electron chi connectivity index (χ2n) is 6.88. The maximum absolute atomic E-state index is 12.8. The normalized spacial score (nSPS) is 10.4. The van der Waals surface area contributed by atoms with E-state index >= 15 is 0 Å². The van der Waals surface area contributed by atoms with Crippen LogP contribution in [0.4, 0.5) is 11.4 Å². The zero-order valence-electron chi connectivity index (χ0n) is 17.1. The maximum Gasteiger partial charge on any atom is 0.259 e. The van der Waals surface area contributed by atoms with Crippen molar-refractivity contribution in [2.45, 2.75) is 52.4 Å². The summed E-state index contributed by atoms with van der Waals surface area (Å²) in [6.45, 7) is 4.72. The van der Waals surface area contributed by atoms with Crippen molar-refractivity contribution < 1.29 is 14.3 Å². The van der Waals surface area contributed by atoms with Gasteiger partial charge in [-0.3, -0.25) is 9.59 Å². The molecule has 6 heteroatoms. The molecule has 29 heavy (non-hydrogen) atoms. The van der Waals surface area contributed by atoms with E-state index in [-0.39, 0.29) is 11.8 Å². The van der Waals surface area contributed by atoms with Gasteiger partial charge in [-0.05, 0) is 55.3 Å². The number of hydrogen-bond acceptors (Lipinski definition) is 3. The first kappa shape index (κ1) is 22.9. The summed E-state index contributed by atoms with van der Waals surface area (Å²) < 4.78 is 6.67. The number of halogens is 1. The van der Waals surface area contributed by atoms with Crippen molar-refractivity contribution in [1.29, 1.82) is 0 Å². The zero-order valence-corrected chi connectivity index (χ0v) is 18.7. The van der Waals surface area contributed by atoms with Crippen molar-refractivity contribution in [3.8, 4) is 5.75 Å². The minimum Gasteiger partial charge on any atom is -0.493 e. The molecule has 2 rings (SSSR count). The molecule has 0 saturated carbocycles. The Labute approximate surface area is 181 Å². The van der Waals surface area contributed by atoms with E-state index in [9.17, 15) is 9.59 Å². The summed E-state index contributed by atoms with van der Waals surface area (Å²) in [5.41, 5.74) is 1.84. The van der Waals surface area contributed by atoms with Crippen LogP contribution in [0.15, 0.2) is 46.9 Å². The molecule has 0 aliphatic heterocycles. The predicted octanol–water partition coefficient (Wildman–Crippen LogP) is 6.40. The van der Waals surface area contributed by atoms with Crippen LogP contribution in [0.25, 0.3) is 0 Å². The average molecular weight is 461 g/mol. The van der Waals surface area contributed by atoms with Crippen LogP contribution in [-0.4, -0.2) is 18.4 Å². The third-order valence-corrected chi connectivity index (χ3v) is 4.84. The molecule has 0 unspecified atom stereocenters. The molecule has 0 atom stereocenters. The number of hydrogen-bond donors (Lipinski definition) is 2. The van der Waals surface area contributed by atoms with E-state index in [4.69, 9.17) is 4.74 Å². The van der Waals surface area contributed by atoms with Gasteiger partial charge < -0.3 is 15.4 Å². The van der Waals surface area contributed by atoms with E-state index in [2.05, 4.69) is 33.5 Å². The maximum atomic E-state index is 12.8. The van der Waals surface area contributed by atoms with Crippen molar-refractivity contribution >= 4 is 39.1 Å². The molecule has 0 aromatic heterocycles. The second-order valence-corrected chi connectivity index (χ2v) is 7.79. The molecule has 0 bridgehead atoms. The number of rotatable bonds is 11. The lowest BCUT2D eigenvalue weighted by Crippen LogP contribution is -2.14. The van der Waals surface area contributed by atoms with Gasteiger partial charge in [-0.15, -0.1) is 0 Å². The molecule has 5 nitrogen and oxygen atoms in total. The first-order valence-electron chi connectivity index (χ1n) is 10.2. The summed E-state index contributed by atoms with van der Waals surface area (Å²) in [6.07, 6.45) is 5.74. The fourth-order valence-electron chi connectivity index (χ4n) is 2.80. The fraction of sp³-hybridized carbons (Fsp3) is 0.391. The molecule has 156 valence electrons. The number of carbonyl (C=O) groups excluding carboxylic acids is 2. The Morgan fingerprint density at radius 1 is 0.897 bits per heavy atom. The lowest BCUT2D eigenvalue weighted by molar-refractivity contribution is -0.116. The average Bonchev–Trinajstić information content (AvgIpc) is 2.70. The van der Waals surface area contributed by atoms with Crippen LogP contribution < -0.4 is 15.4 Å². The summed E-state index contributed by atoms with van der Waals surface area (Å²) in [5, 5.41) is 5.72. The molecule has 0 aliphatic carbocycles. The number of ether oxygens (including phenoxy) is 1. The number of anilines is 2. The van der Waals surface area contributed by atoms with E-state index in [0.29, 0.717) is 35.7 Å². The minimum absolute atomic E-state index is 0.0147. The predicted molar refractivity (Wildman–Crippen MR) is 122 cm³/mol. The molecular formula is C23H29BrN2O3. The third kappa shape index (κ3) is 7.89. The van der Waals surface area contributed by atoms with Crippen molar-refractivity contribution in [2.24, 2.45) is 0 Å². The molecule has 0 fully saturated rings. The van der Waals surface area contributed by atoms with Gasteiger partial charge in [0.2, 0.25) is 5.91 Å². The van der Waals surface area contributed by atoms with Gasteiger partial charge >= 0.3 is 0 Å². The van der Waals surface area contributed by atoms with E-state index in [0.717, 1.165) is 23.7 Å². The number of carbonyl (C=O) groups is 2. The molecule has 0 spiro atoms. The fourth-order valence-corrected chi connectivity index (χ4v) is 3.16. The van der Waals surface area contributed by atoms with Crippen LogP contribution >= 0.6 is 15.9 Å². The van der Waals surface area contributed by atoms with Gasteiger partial charge in [0.15, 0.2) is 0 Å². The van der Waals surface area contributed by atoms with E-state index < -0.39 is 0 Å². The van der Waals surface area contributed by atoms with Gasteiger partial charge in [0, 0.05) is 22.3 Å². The standard InChI is InChI=1S/C23H29BrN2O3/c1-3-5-6-7-15-29-21-14-9-17(24)16-20(21)23(28)26-19-12-10-18(11-13-19)25-22(27)8-4-2/h9-14,16H,3-8,15H2,1-2H3,(H,25,27)(H,26,28). The third-order valence-electron chi connectivity index (χ3n) is 4.35. The van der Waals surface area contributed by atoms with Gasteiger partial charge in [-0.25, -0.2) is 0 Å². The van der Waals surface area contributed by atoms with Gasteiger partial charge in [0.05, 0.1) is 12.2 Å². The molecular weight excluding hydrogens is 432 g/mol. The van der Waals surface area contributed by atoms with Crippen LogP contribution in [0.2, 0.25) is 0 Å². The van der Waals surface area contributed by atoms with Crippen molar-refractivity contribution in [3.63, 3.8) is 0 Å². The Bertz CT molecular complexity index is 806. The van der Waals surface area contributed by atoms with E-state index in [1.165, 1.54) is 12.8 Å². The largest absolute Gasteiger partial charge is 0.493 e. The van der Waals surface area contributed by atoms with Crippen LogP contribution in [0.3, 0.4) is 0 Å². The SMILES string of the molecule is CCCCCCOc1ccc(Br)cc1C(=O)Nc1ccc(NC(=O)CCC)cc1. The molecule has 2 amide bonds. The number of benzene rings is 2. The molecule has 0 heterocycles. The molecule has 0 aliphatic rings. The van der Waals surface area contributed by atoms with Crippen LogP contribution in [0.5, 0.6) is 5.75 Å². The summed E-state index contributed by atoms with van der Waals surface area (Å²) in [6, 6.07) is 12.5. The molecule has 0 saturated heterocycles. The highest BCUT2D eigenvalue weighted by Gasteiger charge is 2.14. The summed E-state index contributed by atoms with van der Waals surface area (Å²) >= 11 is 3.42. The van der Waals surface area contributed by atoms with Gasteiger partial charge in [0.25, 0.3) is 5.91 Å². The van der Waals surface area contributed by atoms with Crippen molar-refractivity contribution in [2.75, 3.05) is 17.2 Å². The van der Waals surface area contributed by atoms with Gasteiger partial charge in [-0.2, -0.15) is 0 Å². The number of nitrogens with one attached hydrogen (secondary N) is 2. The van der Waals surface area contributed by atoms with E-state index in [1.54, 1.807) is 30.3 Å². The van der Waals surface area contributed by atoms with Gasteiger partial charge in [-0.1, -0.05) is 49.0 Å². The number of amides is 2. The van der Waals surface area contributed by atoms with Crippen molar-refractivity contribution in [3.05, 3.63) is 52.5 Å². The molecule has 0 radical (unpaired) electrons. The molecule has 2 N–H and O–H groups in total. The lowest BCUT2D eigenvalue weighted by atomic mass is 10.1. The Hall–Kier alpha value is -2.34. The summed E-state index contributed by atoms with van der Waals surface area (Å²) in [5.74, 6) is 0.322. The highest BCUT2D eigenvalue weighted by molar-refractivity contribution is 9.10. The Morgan fingerprint density at radius 2 is 1.59 bits per heavy atom. The quantitative estimate of drug-likeness (QED) is 0.381. The highest BCUT2D eigenvalue weighted by atomic mass is 79.9. The topological polar surface area (TPSA) is 67.4 Å². The van der Waals surface area contributed by atoms with Gasteiger partial charge in [0.1, 0.15) is 5.75 Å². The second kappa shape index (κ2) is 12.3. The summed E-state index contributed by atoms with van der Waals surface area (Å²) in [7, 11) is 0. The number of unbranched alkanes of at least 4 members (excludes halogenated alkanes) is 3. The Morgan fingerprint density at radius 3 is 2.24 bits per heavy atom. The van der Waals surface area contributed by atoms with E-state index in [1.807, 2.05) is 19.1 Å². The lowest BCUT2D eigenvalue weighted by Gasteiger charge is -2.13. The van der Waals surface area contributed by atoms with Crippen LogP contribution in [-0.2, 0) is 4.79 Å². The highest BCUT2D eigenvalue weighted by Crippen LogP contribution is 2.25. The Balaban J connectivity index is 2.00. The van der Waals surface area contributed by atoms with Crippen LogP contribution in [0.1, 0.15) is 62.7 Å². The summed E-state index contributed by atoms with van der Waals surface area (Å²) in [4.78, 5) is 24.5. The molecule has 2 aromatic carbocycles. The van der Waals surface area contributed by atoms with Crippen molar-refractivity contribution in [1.82, 2.24) is 0 Å². The zero-order chi connectivity index (χ0) is 21.1. The Kier molecular flexibility index (Phi) is 9.71. The molecule has 2 aromatic rings.